The fourth-order valence-corrected chi connectivity index (χ4v) is 4.15. The van der Waals surface area contributed by atoms with Gasteiger partial charge in [0.25, 0.3) is 10.0 Å². The Morgan fingerprint density at radius 3 is 2.47 bits per heavy atom. The number of rotatable bonds is 3. The Hall–Kier alpha value is -0.850. The molecular formula is C13H11Br2NO2S. The van der Waals surface area contributed by atoms with Crippen molar-refractivity contribution in [2.45, 2.75) is 11.8 Å². The topological polar surface area (TPSA) is 46.2 Å². The van der Waals surface area contributed by atoms with Crippen molar-refractivity contribution in [3.8, 4) is 0 Å². The molecule has 0 amide bonds. The highest BCUT2D eigenvalue weighted by Crippen LogP contribution is 2.27. The van der Waals surface area contributed by atoms with Gasteiger partial charge in [0.1, 0.15) is 4.90 Å². The van der Waals surface area contributed by atoms with Crippen LogP contribution in [0.3, 0.4) is 0 Å². The Morgan fingerprint density at radius 1 is 1.05 bits per heavy atom. The first-order chi connectivity index (χ1) is 8.88. The maximum absolute atomic E-state index is 12.3. The number of hydrogen-bond donors (Lipinski definition) is 1. The molecular weight excluding hydrogens is 394 g/mol. The molecule has 0 saturated carbocycles. The van der Waals surface area contributed by atoms with E-state index in [0.29, 0.717) is 14.6 Å². The maximum Gasteiger partial charge on any atom is 0.263 e. The molecule has 3 nitrogen and oxygen atoms in total. The molecule has 0 aliphatic carbocycles. The van der Waals surface area contributed by atoms with Crippen LogP contribution >= 0.6 is 31.9 Å². The fraction of sp³-hybridized carbons (Fsp3) is 0.0769. The predicted octanol–water partition coefficient (Wildman–Crippen LogP) is 4.32. The van der Waals surface area contributed by atoms with Crippen molar-refractivity contribution in [1.82, 2.24) is 0 Å². The van der Waals surface area contributed by atoms with Crippen molar-refractivity contribution in [3.63, 3.8) is 0 Å². The van der Waals surface area contributed by atoms with E-state index in [1.54, 1.807) is 30.3 Å². The zero-order chi connectivity index (χ0) is 14.0. The fourth-order valence-electron chi connectivity index (χ4n) is 1.60. The summed E-state index contributed by atoms with van der Waals surface area (Å²) < 4.78 is 28.4. The van der Waals surface area contributed by atoms with Crippen LogP contribution in [0, 0.1) is 6.92 Å². The van der Waals surface area contributed by atoms with Gasteiger partial charge in [-0.2, -0.15) is 0 Å². The van der Waals surface area contributed by atoms with Gasteiger partial charge in [-0.15, -0.1) is 0 Å². The first kappa shape index (κ1) is 14.6. The van der Waals surface area contributed by atoms with Gasteiger partial charge in [-0.1, -0.05) is 28.1 Å². The van der Waals surface area contributed by atoms with Crippen LogP contribution in [0.4, 0.5) is 5.69 Å². The average molecular weight is 405 g/mol. The number of anilines is 1. The largest absolute Gasteiger partial charge is 0.280 e. The number of hydrogen-bond acceptors (Lipinski definition) is 2. The average Bonchev–Trinajstić information content (AvgIpc) is 2.31. The third-order valence-corrected chi connectivity index (χ3v) is 5.32. The van der Waals surface area contributed by atoms with Gasteiger partial charge in [0.2, 0.25) is 0 Å². The first-order valence-corrected chi connectivity index (χ1v) is 8.50. The molecule has 2 aromatic carbocycles. The maximum atomic E-state index is 12.3. The number of nitrogens with one attached hydrogen (secondary N) is 1. The van der Waals surface area contributed by atoms with E-state index >= 15 is 0 Å². The van der Waals surface area contributed by atoms with Crippen LogP contribution in [0.25, 0.3) is 0 Å². The molecule has 2 aromatic rings. The van der Waals surface area contributed by atoms with E-state index in [1.165, 1.54) is 0 Å². The minimum Gasteiger partial charge on any atom is -0.280 e. The summed E-state index contributed by atoms with van der Waals surface area (Å²) in [6.45, 7) is 1.91. The van der Waals surface area contributed by atoms with Gasteiger partial charge in [-0.3, -0.25) is 4.72 Å². The summed E-state index contributed by atoms with van der Waals surface area (Å²) in [6, 6.07) is 12.2. The van der Waals surface area contributed by atoms with Crippen molar-refractivity contribution in [2.75, 3.05) is 4.72 Å². The van der Waals surface area contributed by atoms with Crippen molar-refractivity contribution >= 4 is 47.6 Å². The monoisotopic (exact) mass is 403 g/mol. The van der Waals surface area contributed by atoms with E-state index in [-0.39, 0.29) is 4.90 Å². The standard InChI is InChI=1S/C13H11Br2NO2S/c1-9-3-2-4-11(7-9)16-19(17,18)13-8-10(14)5-6-12(13)15/h2-8,16H,1H3. The van der Waals surface area contributed by atoms with E-state index in [9.17, 15) is 8.42 Å². The Bertz CT molecular complexity index is 714. The third-order valence-electron chi connectivity index (χ3n) is 2.45. The zero-order valence-electron chi connectivity index (χ0n) is 10.0. The van der Waals surface area contributed by atoms with Crippen LogP contribution in [-0.4, -0.2) is 8.42 Å². The zero-order valence-corrected chi connectivity index (χ0v) is 14.0. The molecule has 2 rings (SSSR count). The number of sulfonamides is 1. The normalized spacial score (nSPS) is 11.3. The Morgan fingerprint density at radius 2 is 1.79 bits per heavy atom. The summed E-state index contributed by atoms with van der Waals surface area (Å²) in [5.41, 5.74) is 1.54. The molecule has 0 heterocycles. The van der Waals surface area contributed by atoms with Crippen molar-refractivity contribution in [3.05, 3.63) is 57.0 Å². The van der Waals surface area contributed by atoms with Gasteiger partial charge in [0.05, 0.1) is 0 Å². The number of halogens is 2. The molecule has 0 aliphatic heterocycles. The molecule has 0 atom stereocenters. The second-order valence-corrected chi connectivity index (χ2v) is 7.47. The molecule has 19 heavy (non-hydrogen) atoms. The van der Waals surface area contributed by atoms with Gasteiger partial charge < -0.3 is 0 Å². The second-order valence-electron chi connectivity index (χ2n) is 4.05. The minimum absolute atomic E-state index is 0.198. The minimum atomic E-state index is -3.61. The van der Waals surface area contributed by atoms with Gasteiger partial charge in [-0.25, -0.2) is 8.42 Å². The highest BCUT2D eigenvalue weighted by atomic mass is 79.9. The predicted molar refractivity (Wildman–Crippen MR) is 83.8 cm³/mol. The molecule has 0 fully saturated rings. The van der Waals surface area contributed by atoms with E-state index in [0.717, 1.165) is 5.56 Å². The number of aryl methyl sites for hydroxylation is 1. The van der Waals surface area contributed by atoms with Crippen LogP contribution in [0.2, 0.25) is 0 Å². The molecule has 0 aliphatic rings. The summed E-state index contributed by atoms with van der Waals surface area (Å²) in [5, 5.41) is 0. The van der Waals surface area contributed by atoms with Crippen LogP contribution < -0.4 is 4.72 Å². The molecule has 0 saturated heterocycles. The smallest absolute Gasteiger partial charge is 0.263 e. The Labute approximate surface area is 129 Å². The van der Waals surface area contributed by atoms with E-state index in [1.807, 2.05) is 19.1 Å². The third kappa shape index (κ3) is 3.58. The van der Waals surface area contributed by atoms with Gasteiger partial charge in [-0.05, 0) is 58.7 Å². The van der Waals surface area contributed by atoms with Gasteiger partial charge in [0.15, 0.2) is 0 Å². The summed E-state index contributed by atoms with van der Waals surface area (Å²) >= 11 is 6.53. The van der Waals surface area contributed by atoms with Crippen molar-refractivity contribution < 1.29 is 8.42 Å². The summed E-state index contributed by atoms with van der Waals surface area (Å²) in [5.74, 6) is 0. The molecule has 1 N–H and O–H groups in total. The quantitative estimate of drug-likeness (QED) is 0.827. The first-order valence-electron chi connectivity index (χ1n) is 5.43. The summed E-state index contributed by atoms with van der Waals surface area (Å²) in [4.78, 5) is 0.198. The molecule has 100 valence electrons. The van der Waals surface area contributed by atoms with Crippen LogP contribution in [-0.2, 0) is 10.0 Å². The van der Waals surface area contributed by atoms with E-state index in [2.05, 4.69) is 36.6 Å². The highest BCUT2D eigenvalue weighted by Gasteiger charge is 2.18. The lowest BCUT2D eigenvalue weighted by Gasteiger charge is -2.10. The Kier molecular flexibility index (Phi) is 4.32. The Balaban J connectivity index is 2.40. The number of benzene rings is 2. The summed E-state index contributed by atoms with van der Waals surface area (Å²) in [7, 11) is -3.61. The van der Waals surface area contributed by atoms with Gasteiger partial charge >= 0.3 is 0 Å². The van der Waals surface area contributed by atoms with E-state index in [4.69, 9.17) is 0 Å². The molecule has 0 spiro atoms. The van der Waals surface area contributed by atoms with Crippen molar-refractivity contribution in [1.29, 1.82) is 0 Å². The second kappa shape index (κ2) is 5.64. The molecule has 6 heteroatoms. The summed E-state index contributed by atoms with van der Waals surface area (Å²) in [6.07, 6.45) is 0. The SMILES string of the molecule is Cc1cccc(NS(=O)(=O)c2cc(Br)ccc2Br)c1. The van der Waals surface area contributed by atoms with Gasteiger partial charge in [0, 0.05) is 14.6 Å². The molecule has 0 unspecified atom stereocenters. The van der Waals surface area contributed by atoms with Crippen molar-refractivity contribution in [2.24, 2.45) is 0 Å². The van der Waals surface area contributed by atoms with Crippen LogP contribution in [0.5, 0.6) is 0 Å². The van der Waals surface area contributed by atoms with Crippen LogP contribution in [0.1, 0.15) is 5.56 Å². The lowest BCUT2D eigenvalue weighted by Crippen LogP contribution is -2.13. The molecule has 0 bridgehead atoms. The molecule has 0 aromatic heterocycles. The highest BCUT2D eigenvalue weighted by molar-refractivity contribution is 9.11. The lowest BCUT2D eigenvalue weighted by atomic mass is 10.2. The van der Waals surface area contributed by atoms with E-state index < -0.39 is 10.0 Å². The molecule has 0 radical (unpaired) electrons. The lowest BCUT2D eigenvalue weighted by molar-refractivity contribution is 0.600. The van der Waals surface area contributed by atoms with Crippen LogP contribution in [0.15, 0.2) is 56.3 Å².